The third-order valence-electron chi connectivity index (χ3n) is 2.56. The highest BCUT2D eigenvalue weighted by Gasteiger charge is 2.26. The Morgan fingerprint density at radius 1 is 1.33 bits per heavy atom. The second-order valence-corrected chi connectivity index (χ2v) is 3.39. The number of rotatable bonds is 3. The minimum atomic E-state index is 0.0972. The fourth-order valence-corrected chi connectivity index (χ4v) is 0.995. The van der Waals surface area contributed by atoms with E-state index < -0.39 is 0 Å². The van der Waals surface area contributed by atoms with Crippen molar-refractivity contribution in [3.05, 3.63) is 12.2 Å². The van der Waals surface area contributed by atoms with Crippen LogP contribution in [-0.2, 0) is 0 Å². The molecule has 0 fully saturated rings. The molecule has 0 saturated carbocycles. The van der Waals surface area contributed by atoms with Crippen molar-refractivity contribution in [3.8, 4) is 0 Å². The Labute approximate surface area is 78.3 Å². The van der Waals surface area contributed by atoms with Crippen molar-refractivity contribution in [2.24, 2.45) is 5.92 Å². The first-order valence-corrected chi connectivity index (χ1v) is 4.80. The molecule has 0 amide bonds. The van der Waals surface area contributed by atoms with Crippen LogP contribution in [0.4, 0.5) is 0 Å². The van der Waals surface area contributed by atoms with E-state index in [2.05, 4.69) is 39.6 Å². The van der Waals surface area contributed by atoms with Crippen LogP contribution in [-0.4, -0.2) is 12.6 Å². The van der Waals surface area contributed by atoms with Crippen LogP contribution in [0.2, 0.25) is 0 Å². The molecule has 0 radical (unpaired) electrons. The molecule has 0 rings (SSSR count). The topological polar surface area (TPSA) is 12.0 Å². The summed E-state index contributed by atoms with van der Waals surface area (Å²) in [6.45, 7) is 16.6. The molecule has 0 heterocycles. The molecule has 0 aromatic heterocycles. The molecule has 0 spiro atoms. The SMILES string of the molecule is C=C(C)C(C)(NC)C(C)C.CC. The zero-order valence-corrected chi connectivity index (χ0v) is 9.78. The van der Waals surface area contributed by atoms with Crippen molar-refractivity contribution in [3.63, 3.8) is 0 Å². The molecule has 1 heteroatoms. The summed E-state index contributed by atoms with van der Waals surface area (Å²) in [5.74, 6) is 0.593. The molecule has 0 saturated heterocycles. The Kier molecular flexibility index (Phi) is 7.41. The number of likely N-dealkylation sites (N-methyl/N-ethyl adjacent to an activating group) is 1. The molecular formula is C11H25N. The molecule has 12 heavy (non-hydrogen) atoms. The van der Waals surface area contributed by atoms with E-state index in [1.807, 2.05) is 20.9 Å². The molecule has 0 aromatic rings. The lowest BCUT2D eigenvalue weighted by Gasteiger charge is -2.34. The van der Waals surface area contributed by atoms with Crippen molar-refractivity contribution in [1.82, 2.24) is 5.32 Å². The van der Waals surface area contributed by atoms with E-state index in [1.165, 1.54) is 5.57 Å². The van der Waals surface area contributed by atoms with Crippen LogP contribution in [0.15, 0.2) is 12.2 Å². The quantitative estimate of drug-likeness (QED) is 0.643. The van der Waals surface area contributed by atoms with E-state index in [0.29, 0.717) is 5.92 Å². The van der Waals surface area contributed by atoms with E-state index >= 15 is 0 Å². The lowest BCUT2D eigenvalue weighted by Crippen LogP contribution is -2.45. The molecule has 0 aliphatic heterocycles. The molecular weight excluding hydrogens is 146 g/mol. The normalized spacial score (nSPS) is 14.7. The summed E-state index contributed by atoms with van der Waals surface area (Å²) in [5, 5.41) is 3.28. The van der Waals surface area contributed by atoms with Gasteiger partial charge < -0.3 is 5.32 Å². The van der Waals surface area contributed by atoms with E-state index in [1.54, 1.807) is 0 Å². The lowest BCUT2D eigenvalue weighted by atomic mass is 9.83. The standard InChI is InChI=1S/C9H19N.C2H6/c1-7(2)9(5,10-6)8(3)4;1-2/h8,10H,1H2,2-6H3;1-2H3. The van der Waals surface area contributed by atoms with E-state index in [4.69, 9.17) is 0 Å². The third-order valence-corrected chi connectivity index (χ3v) is 2.56. The largest absolute Gasteiger partial charge is 0.311 e. The molecule has 74 valence electrons. The lowest BCUT2D eigenvalue weighted by molar-refractivity contribution is 0.333. The molecule has 1 atom stereocenters. The average molecular weight is 171 g/mol. The number of nitrogens with one attached hydrogen (secondary N) is 1. The Morgan fingerprint density at radius 3 is 1.67 bits per heavy atom. The number of hydrogen-bond donors (Lipinski definition) is 1. The van der Waals surface area contributed by atoms with Gasteiger partial charge in [0.25, 0.3) is 0 Å². The van der Waals surface area contributed by atoms with Crippen molar-refractivity contribution >= 4 is 0 Å². The maximum absolute atomic E-state index is 3.96. The first-order valence-electron chi connectivity index (χ1n) is 4.80. The van der Waals surface area contributed by atoms with E-state index in [0.717, 1.165) is 0 Å². The van der Waals surface area contributed by atoms with Crippen molar-refractivity contribution < 1.29 is 0 Å². The molecule has 0 bridgehead atoms. The predicted octanol–water partition coefficient (Wildman–Crippen LogP) is 3.22. The first-order chi connectivity index (χ1) is 5.45. The summed E-state index contributed by atoms with van der Waals surface area (Å²) in [4.78, 5) is 0. The van der Waals surface area contributed by atoms with E-state index in [-0.39, 0.29) is 5.54 Å². The Hall–Kier alpha value is -0.300. The van der Waals surface area contributed by atoms with Crippen LogP contribution in [0.5, 0.6) is 0 Å². The fraction of sp³-hybridized carbons (Fsp3) is 0.818. The summed E-state index contributed by atoms with van der Waals surface area (Å²) >= 11 is 0. The van der Waals surface area contributed by atoms with Gasteiger partial charge in [0.15, 0.2) is 0 Å². The summed E-state index contributed by atoms with van der Waals surface area (Å²) in [6.07, 6.45) is 0. The third kappa shape index (κ3) is 3.40. The predicted molar refractivity (Wildman–Crippen MR) is 58.5 cm³/mol. The summed E-state index contributed by atoms with van der Waals surface area (Å²) in [7, 11) is 1.98. The second-order valence-electron chi connectivity index (χ2n) is 3.39. The van der Waals surface area contributed by atoms with Gasteiger partial charge in [-0.2, -0.15) is 0 Å². The van der Waals surface area contributed by atoms with Gasteiger partial charge in [0.2, 0.25) is 0 Å². The van der Waals surface area contributed by atoms with Gasteiger partial charge in [-0.25, -0.2) is 0 Å². The van der Waals surface area contributed by atoms with Crippen LogP contribution in [0, 0.1) is 5.92 Å². The first kappa shape index (κ1) is 14.2. The zero-order chi connectivity index (χ0) is 10.4. The Bertz CT molecular complexity index is 127. The molecule has 0 aliphatic carbocycles. The highest BCUT2D eigenvalue weighted by molar-refractivity contribution is 5.13. The minimum Gasteiger partial charge on any atom is -0.311 e. The van der Waals surface area contributed by atoms with Gasteiger partial charge in [-0.1, -0.05) is 39.8 Å². The maximum Gasteiger partial charge on any atom is 0.0380 e. The smallest absolute Gasteiger partial charge is 0.0380 e. The fourth-order valence-electron chi connectivity index (χ4n) is 0.995. The highest BCUT2D eigenvalue weighted by atomic mass is 14.9. The van der Waals surface area contributed by atoms with Gasteiger partial charge in [0.05, 0.1) is 0 Å². The zero-order valence-electron chi connectivity index (χ0n) is 9.78. The summed E-state index contributed by atoms with van der Waals surface area (Å²) < 4.78 is 0. The molecule has 0 aromatic carbocycles. The van der Waals surface area contributed by atoms with Gasteiger partial charge in [-0.15, -0.1) is 0 Å². The maximum atomic E-state index is 3.96. The van der Waals surface area contributed by atoms with Crippen LogP contribution < -0.4 is 5.32 Å². The summed E-state index contributed by atoms with van der Waals surface area (Å²) in [6, 6.07) is 0. The second kappa shape index (κ2) is 6.24. The van der Waals surface area contributed by atoms with Crippen LogP contribution in [0.1, 0.15) is 41.5 Å². The molecule has 1 nitrogen and oxygen atoms in total. The van der Waals surface area contributed by atoms with Crippen LogP contribution >= 0.6 is 0 Å². The van der Waals surface area contributed by atoms with Gasteiger partial charge in [-0.05, 0) is 26.8 Å². The molecule has 1 unspecified atom stereocenters. The van der Waals surface area contributed by atoms with Crippen LogP contribution in [0.25, 0.3) is 0 Å². The van der Waals surface area contributed by atoms with E-state index in [9.17, 15) is 0 Å². The van der Waals surface area contributed by atoms with Crippen LogP contribution in [0.3, 0.4) is 0 Å². The molecule has 1 N–H and O–H groups in total. The van der Waals surface area contributed by atoms with Crippen molar-refractivity contribution in [2.75, 3.05) is 7.05 Å². The van der Waals surface area contributed by atoms with Gasteiger partial charge in [0.1, 0.15) is 0 Å². The number of hydrogen-bond acceptors (Lipinski definition) is 1. The minimum absolute atomic E-state index is 0.0972. The average Bonchev–Trinajstić information content (AvgIpc) is 2.06. The van der Waals surface area contributed by atoms with Crippen molar-refractivity contribution in [2.45, 2.75) is 47.1 Å². The molecule has 0 aliphatic rings. The van der Waals surface area contributed by atoms with Crippen molar-refractivity contribution in [1.29, 1.82) is 0 Å². The van der Waals surface area contributed by atoms with Gasteiger partial charge in [-0.3, -0.25) is 0 Å². The van der Waals surface area contributed by atoms with Gasteiger partial charge in [0, 0.05) is 5.54 Å². The summed E-state index contributed by atoms with van der Waals surface area (Å²) in [5.41, 5.74) is 1.30. The Morgan fingerprint density at radius 2 is 1.67 bits per heavy atom. The Balaban J connectivity index is 0. The van der Waals surface area contributed by atoms with Gasteiger partial charge >= 0.3 is 0 Å². The highest BCUT2D eigenvalue weighted by Crippen LogP contribution is 2.22. The monoisotopic (exact) mass is 171 g/mol.